The molecule has 0 aliphatic carbocycles. The minimum Gasteiger partial charge on any atom is -0.313 e. The van der Waals surface area contributed by atoms with Crippen molar-refractivity contribution in [3.05, 3.63) is 58.3 Å². The number of nitrogens with zero attached hydrogens (tertiary/aromatic N) is 1. The molecule has 0 saturated heterocycles. The van der Waals surface area contributed by atoms with Crippen molar-refractivity contribution in [1.29, 1.82) is 0 Å². The third-order valence-electron chi connectivity index (χ3n) is 2.15. The van der Waals surface area contributed by atoms with Crippen LogP contribution in [0.5, 0.6) is 0 Å². The number of oxime groups is 1. The number of carbonyl (C=O) groups excluding carboxylic acids is 1. The highest BCUT2D eigenvalue weighted by atomic mass is 32.1. The molecule has 0 spiro atoms. The number of benzene rings is 1. The Balaban J connectivity index is 2.04. The Hall–Kier alpha value is -1.94. The molecule has 0 atom stereocenters. The molecule has 0 aliphatic heterocycles. The molecule has 3 nitrogen and oxygen atoms in total. The molecular formula is C13H11NO2S. The first-order valence-corrected chi connectivity index (χ1v) is 6.00. The zero-order valence-electron chi connectivity index (χ0n) is 9.29. The summed E-state index contributed by atoms with van der Waals surface area (Å²) in [6.07, 6.45) is 0. The van der Waals surface area contributed by atoms with Gasteiger partial charge in [0.1, 0.15) is 0 Å². The first-order chi connectivity index (χ1) is 8.27. The standard InChI is InChI=1S/C13H11NO2S/c1-10(12-8-5-9-17-12)14-16-13(15)11-6-3-2-4-7-11/h2-9H,1H3/b14-10-. The van der Waals surface area contributed by atoms with E-state index < -0.39 is 5.97 Å². The number of hydrogen-bond donors (Lipinski definition) is 0. The van der Waals surface area contributed by atoms with Gasteiger partial charge in [-0.1, -0.05) is 29.4 Å². The number of thiophene rings is 1. The number of carbonyl (C=O) groups is 1. The quantitative estimate of drug-likeness (QED) is 0.472. The highest BCUT2D eigenvalue weighted by Crippen LogP contribution is 2.10. The molecule has 0 bridgehead atoms. The SMILES string of the molecule is C/C(=N/OC(=O)c1ccccc1)c1cccs1. The van der Waals surface area contributed by atoms with Crippen LogP contribution in [-0.4, -0.2) is 11.7 Å². The van der Waals surface area contributed by atoms with Gasteiger partial charge in [0.25, 0.3) is 0 Å². The van der Waals surface area contributed by atoms with Gasteiger partial charge in [0.2, 0.25) is 0 Å². The summed E-state index contributed by atoms with van der Waals surface area (Å²) in [7, 11) is 0. The van der Waals surface area contributed by atoms with E-state index in [2.05, 4.69) is 5.16 Å². The van der Waals surface area contributed by atoms with E-state index in [0.717, 1.165) is 4.88 Å². The van der Waals surface area contributed by atoms with E-state index in [0.29, 0.717) is 11.3 Å². The van der Waals surface area contributed by atoms with Gasteiger partial charge < -0.3 is 4.84 Å². The summed E-state index contributed by atoms with van der Waals surface area (Å²) in [5, 5.41) is 5.77. The largest absolute Gasteiger partial charge is 0.365 e. The summed E-state index contributed by atoms with van der Waals surface area (Å²) in [6, 6.07) is 12.7. The molecule has 0 fully saturated rings. The van der Waals surface area contributed by atoms with Crippen LogP contribution in [0.25, 0.3) is 0 Å². The summed E-state index contributed by atoms with van der Waals surface area (Å²) >= 11 is 1.56. The lowest BCUT2D eigenvalue weighted by molar-refractivity contribution is 0.0516. The van der Waals surface area contributed by atoms with Gasteiger partial charge in [-0.25, -0.2) is 4.79 Å². The fourth-order valence-corrected chi connectivity index (χ4v) is 1.93. The van der Waals surface area contributed by atoms with Crippen molar-refractivity contribution in [2.75, 3.05) is 0 Å². The molecule has 1 aromatic heterocycles. The summed E-state index contributed by atoms with van der Waals surface area (Å²) in [5.74, 6) is -0.443. The Labute approximate surface area is 103 Å². The van der Waals surface area contributed by atoms with Gasteiger partial charge in [-0.3, -0.25) is 0 Å². The van der Waals surface area contributed by atoms with Crippen molar-refractivity contribution in [1.82, 2.24) is 0 Å². The molecule has 1 aromatic carbocycles. The van der Waals surface area contributed by atoms with Crippen molar-refractivity contribution in [3.8, 4) is 0 Å². The van der Waals surface area contributed by atoms with E-state index in [1.807, 2.05) is 30.5 Å². The minimum atomic E-state index is -0.443. The van der Waals surface area contributed by atoms with Gasteiger partial charge in [-0.2, -0.15) is 0 Å². The third kappa shape index (κ3) is 3.01. The van der Waals surface area contributed by atoms with E-state index in [1.54, 1.807) is 35.6 Å². The van der Waals surface area contributed by atoms with Crippen molar-refractivity contribution in [2.24, 2.45) is 5.16 Å². The van der Waals surface area contributed by atoms with Crippen LogP contribution in [0.1, 0.15) is 22.2 Å². The zero-order valence-corrected chi connectivity index (χ0v) is 10.1. The number of rotatable bonds is 3. The molecule has 86 valence electrons. The fraction of sp³-hybridized carbons (Fsp3) is 0.0769. The van der Waals surface area contributed by atoms with Crippen molar-refractivity contribution >= 4 is 23.0 Å². The Kier molecular flexibility index (Phi) is 3.67. The highest BCUT2D eigenvalue weighted by Gasteiger charge is 2.06. The first kappa shape index (κ1) is 11.5. The number of hydrogen-bond acceptors (Lipinski definition) is 4. The summed E-state index contributed by atoms with van der Waals surface area (Å²) < 4.78 is 0. The van der Waals surface area contributed by atoms with Crippen LogP contribution in [0.4, 0.5) is 0 Å². The van der Waals surface area contributed by atoms with E-state index in [4.69, 9.17) is 4.84 Å². The topological polar surface area (TPSA) is 38.7 Å². The first-order valence-electron chi connectivity index (χ1n) is 5.12. The van der Waals surface area contributed by atoms with Crippen LogP contribution >= 0.6 is 11.3 Å². The fourth-order valence-electron chi connectivity index (χ4n) is 1.27. The van der Waals surface area contributed by atoms with Gasteiger partial charge in [0, 0.05) is 0 Å². The minimum absolute atomic E-state index is 0.443. The zero-order chi connectivity index (χ0) is 12.1. The maximum Gasteiger partial charge on any atom is 0.365 e. The molecule has 0 N–H and O–H groups in total. The molecule has 17 heavy (non-hydrogen) atoms. The molecule has 0 amide bonds. The van der Waals surface area contributed by atoms with Crippen molar-refractivity contribution in [3.63, 3.8) is 0 Å². The Morgan fingerprint density at radius 1 is 1.18 bits per heavy atom. The predicted octanol–water partition coefficient (Wildman–Crippen LogP) is 3.33. The van der Waals surface area contributed by atoms with Crippen molar-refractivity contribution < 1.29 is 9.63 Å². The molecule has 0 radical (unpaired) electrons. The molecule has 2 rings (SSSR count). The molecule has 2 aromatic rings. The lowest BCUT2D eigenvalue weighted by atomic mass is 10.2. The van der Waals surface area contributed by atoms with E-state index >= 15 is 0 Å². The molecule has 0 aliphatic rings. The molecule has 4 heteroatoms. The van der Waals surface area contributed by atoms with Gasteiger partial charge in [0.05, 0.1) is 16.2 Å². The third-order valence-corrected chi connectivity index (χ3v) is 3.13. The Bertz CT molecular complexity index is 518. The van der Waals surface area contributed by atoms with Crippen LogP contribution in [-0.2, 0) is 4.84 Å². The average molecular weight is 245 g/mol. The van der Waals surface area contributed by atoms with E-state index in [9.17, 15) is 4.79 Å². The van der Waals surface area contributed by atoms with Gasteiger partial charge in [-0.15, -0.1) is 11.3 Å². The van der Waals surface area contributed by atoms with Crippen LogP contribution in [0.2, 0.25) is 0 Å². The normalized spacial score (nSPS) is 11.2. The second kappa shape index (κ2) is 5.41. The molecular weight excluding hydrogens is 234 g/mol. The van der Waals surface area contributed by atoms with Crippen LogP contribution in [0, 0.1) is 0 Å². The van der Waals surface area contributed by atoms with Gasteiger partial charge in [0.15, 0.2) is 0 Å². The smallest absolute Gasteiger partial charge is 0.313 e. The second-order valence-electron chi connectivity index (χ2n) is 3.40. The molecule has 0 saturated carbocycles. The van der Waals surface area contributed by atoms with E-state index in [1.165, 1.54) is 0 Å². The van der Waals surface area contributed by atoms with Gasteiger partial charge >= 0.3 is 5.97 Å². The monoisotopic (exact) mass is 245 g/mol. The Morgan fingerprint density at radius 2 is 1.94 bits per heavy atom. The Morgan fingerprint density at radius 3 is 2.59 bits per heavy atom. The maximum absolute atomic E-state index is 11.6. The van der Waals surface area contributed by atoms with Crippen LogP contribution in [0.3, 0.4) is 0 Å². The van der Waals surface area contributed by atoms with Crippen LogP contribution < -0.4 is 0 Å². The summed E-state index contributed by atoms with van der Waals surface area (Å²) in [5.41, 5.74) is 1.19. The van der Waals surface area contributed by atoms with E-state index in [-0.39, 0.29) is 0 Å². The lowest BCUT2D eigenvalue weighted by Gasteiger charge is -1.98. The second-order valence-corrected chi connectivity index (χ2v) is 4.35. The van der Waals surface area contributed by atoms with Crippen molar-refractivity contribution in [2.45, 2.75) is 6.92 Å². The summed E-state index contributed by atoms with van der Waals surface area (Å²) in [4.78, 5) is 17.5. The maximum atomic E-state index is 11.6. The van der Waals surface area contributed by atoms with Crippen LogP contribution in [0.15, 0.2) is 53.0 Å². The predicted molar refractivity (Wildman–Crippen MR) is 68.4 cm³/mol. The average Bonchev–Trinajstić information content (AvgIpc) is 2.90. The lowest BCUT2D eigenvalue weighted by Crippen LogP contribution is -2.02. The summed E-state index contributed by atoms with van der Waals surface area (Å²) in [6.45, 7) is 1.81. The molecule has 1 heterocycles. The van der Waals surface area contributed by atoms with Gasteiger partial charge in [-0.05, 0) is 30.5 Å². The highest BCUT2D eigenvalue weighted by molar-refractivity contribution is 7.12. The molecule has 0 unspecified atom stereocenters.